The van der Waals surface area contributed by atoms with Crippen molar-refractivity contribution in [2.75, 3.05) is 6.61 Å². The van der Waals surface area contributed by atoms with Crippen molar-refractivity contribution in [3.8, 4) is 35.0 Å². The molecule has 0 bridgehead atoms. The minimum atomic E-state index is 0.637. The third-order valence-electron chi connectivity index (χ3n) is 2.80. The van der Waals surface area contributed by atoms with Crippen LogP contribution in [0.4, 0.5) is 0 Å². The Labute approximate surface area is 124 Å². The number of aromatic nitrogens is 2. The molecule has 0 unspecified atom stereocenters. The third kappa shape index (κ3) is 4.33. The van der Waals surface area contributed by atoms with Gasteiger partial charge in [0.25, 0.3) is 0 Å². The molecule has 0 fully saturated rings. The fourth-order valence-corrected chi connectivity index (χ4v) is 1.68. The third-order valence-corrected chi connectivity index (χ3v) is 2.80. The van der Waals surface area contributed by atoms with E-state index in [1.807, 2.05) is 24.3 Å². The molecule has 1 heterocycles. The van der Waals surface area contributed by atoms with E-state index >= 15 is 0 Å². The van der Waals surface area contributed by atoms with Crippen molar-refractivity contribution < 1.29 is 4.74 Å². The number of nitrogens with zero attached hydrogens (tertiary/aromatic N) is 3. The van der Waals surface area contributed by atoms with Crippen LogP contribution in [-0.4, -0.2) is 16.6 Å². The maximum atomic E-state index is 8.41. The van der Waals surface area contributed by atoms with Gasteiger partial charge in [-0.2, -0.15) is 5.26 Å². The van der Waals surface area contributed by atoms with Crippen molar-refractivity contribution >= 4 is 0 Å². The Bertz CT molecular complexity index is 673. The lowest BCUT2D eigenvalue weighted by atomic mass is 10.1. The van der Waals surface area contributed by atoms with Crippen LogP contribution < -0.4 is 4.74 Å². The molecule has 4 heteroatoms. The molecule has 0 saturated carbocycles. The van der Waals surface area contributed by atoms with Crippen molar-refractivity contribution in [1.82, 2.24) is 9.97 Å². The first-order chi connectivity index (χ1) is 10.3. The molecular weight excluding hydrogens is 262 g/mol. The smallest absolute Gasteiger partial charge is 0.159 e. The van der Waals surface area contributed by atoms with Gasteiger partial charge in [0.05, 0.1) is 19.0 Å². The van der Waals surface area contributed by atoms with Crippen molar-refractivity contribution in [1.29, 1.82) is 5.26 Å². The van der Waals surface area contributed by atoms with Gasteiger partial charge >= 0.3 is 0 Å². The second-order valence-corrected chi connectivity index (χ2v) is 4.38. The molecule has 1 aromatic carbocycles. The molecular formula is C17H15N3O. The molecule has 2 aromatic rings. The van der Waals surface area contributed by atoms with E-state index < -0.39 is 0 Å². The number of hydrogen-bond donors (Lipinski definition) is 0. The molecule has 0 saturated heterocycles. The molecule has 0 aliphatic rings. The molecule has 0 aliphatic heterocycles. The Morgan fingerprint density at radius 2 is 1.86 bits per heavy atom. The summed E-state index contributed by atoms with van der Waals surface area (Å²) < 4.78 is 5.53. The summed E-state index contributed by atoms with van der Waals surface area (Å²) in [5, 5.41) is 8.41. The van der Waals surface area contributed by atoms with Crippen LogP contribution in [0.15, 0.2) is 36.7 Å². The zero-order chi connectivity index (χ0) is 14.9. The second-order valence-electron chi connectivity index (χ2n) is 4.38. The van der Waals surface area contributed by atoms with Gasteiger partial charge in [-0.05, 0) is 30.7 Å². The first-order valence-corrected chi connectivity index (χ1v) is 6.79. The first kappa shape index (κ1) is 14.6. The molecule has 0 amide bonds. The molecule has 0 N–H and O–H groups in total. The summed E-state index contributed by atoms with van der Waals surface area (Å²) in [7, 11) is 0. The minimum absolute atomic E-state index is 0.637. The first-order valence-electron chi connectivity index (χ1n) is 6.79. The number of ether oxygens (including phenoxy) is 1. The quantitative estimate of drug-likeness (QED) is 0.622. The van der Waals surface area contributed by atoms with E-state index in [9.17, 15) is 0 Å². The van der Waals surface area contributed by atoms with Gasteiger partial charge < -0.3 is 4.74 Å². The summed E-state index contributed by atoms with van der Waals surface area (Å²) in [6.45, 7) is 2.80. The number of hydrogen-bond acceptors (Lipinski definition) is 4. The molecule has 1 aromatic heterocycles. The van der Waals surface area contributed by atoms with Gasteiger partial charge in [-0.3, -0.25) is 0 Å². The van der Waals surface area contributed by atoms with Crippen molar-refractivity contribution in [2.24, 2.45) is 0 Å². The Morgan fingerprint density at radius 3 is 2.48 bits per heavy atom. The molecule has 0 radical (unpaired) electrons. The molecule has 21 heavy (non-hydrogen) atoms. The van der Waals surface area contributed by atoms with Gasteiger partial charge in [0.2, 0.25) is 0 Å². The van der Waals surface area contributed by atoms with E-state index in [0.717, 1.165) is 24.0 Å². The summed E-state index contributed by atoms with van der Waals surface area (Å²) >= 11 is 0. The topological polar surface area (TPSA) is 58.8 Å². The largest absolute Gasteiger partial charge is 0.490 e. The van der Waals surface area contributed by atoms with E-state index in [-0.39, 0.29) is 0 Å². The fraction of sp³-hybridized carbons (Fsp3) is 0.235. The van der Waals surface area contributed by atoms with Gasteiger partial charge in [-0.1, -0.05) is 19.3 Å². The molecule has 0 spiro atoms. The standard InChI is InChI=1S/C17H15N3O/c1-2-3-11-21-16-12-19-17(20-13-16)15-8-6-14(7-9-15)5-4-10-18/h6-9,12-13H,2-3,11H2,1H3. The molecule has 4 nitrogen and oxygen atoms in total. The lowest BCUT2D eigenvalue weighted by Crippen LogP contribution is -1.98. The predicted octanol–water partition coefficient (Wildman–Crippen LogP) is 3.20. The maximum Gasteiger partial charge on any atom is 0.159 e. The SMILES string of the molecule is CCCCOc1cnc(-c2ccc(C#CC#N)cc2)nc1. The fourth-order valence-electron chi connectivity index (χ4n) is 1.68. The highest BCUT2D eigenvalue weighted by Gasteiger charge is 2.02. The van der Waals surface area contributed by atoms with Crippen LogP contribution in [0.2, 0.25) is 0 Å². The highest BCUT2D eigenvalue weighted by molar-refractivity contribution is 5.57. The molecule has 0 atom stereocenters. The van der Waals surface area contributed by atoms with Crippen LogP contribution in [0, 0.1) is 23.2 Å². The predicted molar refractivity (Wildman–Crippen MR) is 80.4 cm³/mol. The Balaban J connectivity index is 2.06. The zero-order valence-corrected chi connectivity index (χ0v) is 11.8. The second kappa shape index (κ2) is 7.67. The van der Waals surface area contributed by atoms with Gasteiger partial charge in [0.15, 0.2) is 17.6 Å². The molecule has 104 valence electrons. The van der Waals surface area contributed by atoms with Crippen LogP contribution in [0.3, 0.4) is 0 Å². The van der Waals surface area contributed by atoms with Gasteiger partial charge in [0, 0.05) is 17.0 Å². The van der Waals surface area contributed by atoms with Gasteiger partial charge in [0.1, 0.15) is 0 Å². The summed E-state index contributed by atoms with van der Waals surface area (Å²) in [6.07, 6.45) is 5.48. The Morgan fingerprint density at radius 1 is 1.14 bits per heavy atom. The number of nitriles is 1. The van der Waals surface area contributed by atoms with Crippen molar-refractivity contribution in [2.45, 2.75) is 19.8 Å². The maximum absolute atomic E-state index is 8.41. The van der Waals surface area contributed by atoms with Gasteiger partial charge in [-0.15, -0.1) is 0 Å². The van der Waals surface area contributed by atoms with Crippen LogP contribution in [-0.2, 0) is 0 Å². The molecule has 0 aliphatic carbocycles. The Hall–Kier alpha value is -2.85. The summed E-state index contributed by atoms with van der Waals surface area (Å²) in [5.74, 6) is 6.42. The summed E-state index contributed by atoms with van der Waals surface area (Å²) in [5.41, 5.74) is 1.69. The number of unbranched alkanes of at least 4 members (excludes halogenated alkanes) is 1. The van der Waals surface area contributed by atoms with E-state index in [1.165, 1.54) is 0 Å². The van der Waals surface area contributed by atoms with E-state index in [4.69, 9.17) is 10.00 Å². The average molecular weight is 277 g/mol. The van der Waals surface area contributed by atoms with E-state index in [0.29, 0.717) is 18.2 Å². The van der Waals surface area contributed by atoms with Crippen molar-refractivity contribution in [3.05, 3.63) is 42.2 Å². The summed E-state index contributed by atoms with van der Waals surface area (Å²) in [4.78, 5) is 8.59. The van der Waals surface area contributed by atoms with Gasteiger partial charge in [-0.25, -0.2) is 9.97 Å². The number of rotatable bonds is 5. The van der Waals surface area contributed by atoms with E-state index in [1.54, 1.807) is 18.5 Å². The zero-order valence-electron chi connectivity index (χ0n) is 11.8. The minimum Gasteiger partial charge on any atom is -0.490 e. The lowest BCUT2D eigenvalue weighted by molar-refractivity contribution is 0.307. The van der Waals surface area contributed by atoms with Crippen LogP contribution >= 0.6 is 0 Å². The lowest BCUT2D eigenvalue weighted by Gasteiger charge is -2.05. The Kier molecular flexibility index (Phi) is 5.32. The van der Waals surface area contributed by atoms with Crippen molar-refractivity contribution in [3.63, 3.8) is 0 Å². The normalized spacial score (nSPS) is 9.33. The summed E-state index contributed by atoms with van der Waals surface area (Å²) in [6, 6.07) is 9.24. The average Bonchev–Trinajstić information content (AvgIpc) is 2.54. The molecule has 2 rings (SSSR count). The van der Waals surface area contributed by atoms with Crippen LogP contribution in [0.5, 0.6) is 5.75 Å². The van der Waals surface area contributed by atoms with Crippen LogP contribution in [0.25, 0.3) is 11.4 Å². The highest BCUT2D eigenvalue weighted by atomic mass is 16.5. The van der Waals surface area contributed by atoms with E-state index in [2.05, 4.69) is 28.7 Å². The highest BCUT2D eigenvalue weighted by Crippen LogP contribution is 2.17. The monoisotopic (exact) mass is 277 g/mol. The number of benzene rings is 1. The van der Waals surface area contributed by atoms with Crippen LogP contribution in [0.1, 0.15) is 25.3 Å².